The van der Waals surface area contributed by atoms with E-state index in [9.17, 15) is 4.79 Å². The van der Waals surface area contributed by atoms with E-state index >= 15 is 0 Å². The van der Waals surface area contributed by atoms with Gasteiger partial charge in [-0.25, -0.2) is 4.79 Å². The minimum Gasteiger partial charge on any atom is -0.491 e. The fourth-order valence-electron chi connectivity index (χ4n) is 1.95. The minimum absolute atomic E-state index is 0.126. The zero-order valence-corrected chi connectivity index (χ0v) is 12.2. The molecule has 0 aliphatic rings. The number of anilines is 1. The molecule has 0 aliphatic carbocycles. The molecule has 0 bridgehead atoms. The Morgan fingerprint density at radius 3 is 2.43 bits per heavy atom. The lowest BCUT2D eigenvalue weighted by Gasteiger charge is -2.15. The van der Waals surface area contributed by atoms with Crippen LogP contribution in [0.25, 0.3) is 0 Å². The van der Waals surface area contributed by atoms with E-state index in [0.29, 0.717) is 6.54 Å². The van der Waals surface area contributed by atoms with Crippen molar-refractivity contribution < 1.29 is 14.6 Å². The van der Waals surface area contributed by atoms with E-state index in [0.717, 1.165) is 17.0 Å². The molecule has 21 heavy (non-hydrogen) atoms. The second kappa shape index (κ2) is 6.79. The number of carboxylic acids is 1. The summed E-state index contributed by atoms with van der Waals surface area (Å²) in [5.41, 5.74) is 2.22. The third-order valence-electron chi connectivity index (χ3n) is 2.95. The molecule has 4 heteroatoms. The van der Waals surface area contributed by atoms with Gasteiger partial charge in [0.05, 0.1) is 11.7 Å². The van der Waals surface area contributed by atoms with E-state index < -0.39 is 5.97 Å². The maximum atomic E-state index is 10.8. The van der Waals surface area contributed by atoms with E-state index in [4.69, 9.17) is 9.84 Å². The van der Waals surface area contributed by atoms with Crippen LogP contribution >= 0.6 is 0 Å². The smallest absolute Gasteiger partial charge is 0.335 e. The molecule has 0 aromatic heterocycles. The number of carbonyl (C=O) groups is 1. The van der Waals surface area contributed by atoms with E-state index in [-0.39, 0.29) is 11.7 Å². The summed E-state index contributed by atoms with van der Waals surface area (Å²) in [6.07, 6.45) is 0.126. The lowest BCUT2D eigenvalue weighted by atomic mass is 10.1. The monoisotopic (exact) mass is 285 g/mol. The van der Waals surface area contributed by atoms with Crippen LogP contribution in [0.4, 0.5) is 5.69 Å². The van der Waals surface area contributed by atoms with Crippen molar-refractivity contribution in [2.45, 2.75) is 26.5 Å². The number of nitrogens with one attached hydrogen (secondary N) is 1. The maximum Gasteiger partial charge on any atom is 0.335 e. The predicted octanol–water partition coefficient (Wildman–Crippen LogP) is 3.78. The van der Waals surface area contributed by atoms with Crippen LogP contribution in [0.2, 0.25) is 0 Å². The molecule has 0 radical (unpaired) electrons. The maximum absolute atomic E-state index is 10.8. The number of rotatable bonds is 6. The number of aromatic carboxylic acids is 1. The zero-order valence-electron chi connectivity index (χ0n) is 12.2. The van der Waals surface area contributed by atoms with E-state index in [2.05, 4.69) is 5.32 Å². The molecule has 0 unspecified atom stereocenters. The molecule has 0 heterocycles. The Balaban J connectivity index is 2.04. The molecule has 0 aliphatic heterocycles. The van der Waals surface area contributed by atoms with Crippen molar-refractivity contribution >= 4 is 11.7 Å². The zero-order chi connectivity index (χ0) is 15.2. The average Bonchev–Trinajstić information content (AvgIpc) is 2.46. The second-order valence-corrected chi connectivity index (χ2v) is 5.01. The van der Waals surface area contributed by atoms with Crippen molar-refractivity contribution in [2.75, 3.05) is 5.32 Å². The van der Waals surface area contributed by atoms with Gasteiger partial charge in [-0.2, -0.15) is 0 Å². The standard InChI is InChI=1S/C17H19NO3/c1-12(2)21-16-6-4-3-5-14(16)11-18-15-9-7-13(8-10-15)17(19)20/h3-10,12,18H,11H2,1-2H3,(H,19,20). The molecule has 0 spiro atoms. The van der Waals surface area contributed by atoms with Crippen molar-refractivity contribution in [3.8, 4) is 5.75 Å². The van der Waals surface area contributed by atoms with E-state index in [1.165, 1.54) is 0 Å². The molecule has 0 fully saturated rings. The summed E-state index contributed by atoms with van der Waals surface area (Å²) in [5.74, 6) is -0.0561. The number of carboxylic acid groups (broad SMARTS) is 1. The molecule has 0 saturated carbocycles. The molecule has 0 atom stereocenters. The Bertz CT molecular complexity index is 606. The summed E-state index contributed by atoms with van der Waals surface area (Å²) in [6.45, 7) is 4.61. The van der Waals surface area contributed by atoms with Crippen molar-refractivity contribution in [3.05, 3.63) is 59.7 Å². The van der Waals surface area contributed by atoms with Gasteiger partial charge in [-0.1, -0.05) is 18.2 Å². The molecule has 2 rings (SSSR count). The molecular formula is C17H19NO3. The Labute approximate surface area is 124 Å². The summed E-state index contributed by atoms with van der Waals surface area (Å²) in [5, 5.41) is 12.1. The molecule has 2 N–H and O–H groups in total. The van der Waals surface area contributed by atoms with Crippen LogP contribution < -0.4 is 10.1 Å². The number of hydrogen-bond donors (Lipinski definition) is 2. The molecular weight excluding hydrogens is 266 g/mol. The molecule has 2 aromatic carbocycles. The topological polar surface area (TPSA) is 58.6 Å². The van der Waals surface area contributed by atoms with Crippen LogP contribution in [0.5, 0.6) is 5.75 Å². The largest absolute Gasteiger partial charge is 0.491 e. The highest BCUT2D eigenvalue weighted by Crippen LogP contribution is 2.21. The first-order valence-corrected chi connectivity index (χ1v) is 6.88. The summed E-state index contributed by atoms with van der Waals surface area (Å²) in [7, 11) is 0. The number of ether oxygens (including phenoxy) is 1. The first-order chi connectivity index (χ1) is 10.1. The van der Waals surface area contributed by atoms with Crippen LogP contribution in [-0.4, -0.2) is 17.2 Å². The Morgan fingerprint density at radius 1 is 1.14 bits per heavy atom. The first kappa shape index (κ1) is 14.9. The Hall–Kier alpha value is -2.49. The molecule has 0 saturated heterocycles. The summed E-state index contributed by atoms with van der Waals surface area (Å²) in [6, 6.07) is 14.6. The van der Waals surface area contributed by atoms with Crippen LogP contribution in [0.15, 0.2) is 48.5 Å². The van der Waals surface area contributed by atoms with Crippen LogP contribution in [-0.2, 0) is 6.54 Å². The van der Waals surface area contributed by atoms with E-state index in [1.807, 2.05) is 38.1 Å². The highest BCUT2D eigenvalue weighted by molar-refractivity contribution is 5.87. The van der Waals surface area contributed by atoms with Gasteiger partial charge in [0.2, 0.25) is 0 Å². The molecule has 4 nitrogen and oxygen atoms in total. The summed E-state index contributed by atoms with van der Waals surface area (Å²) < 4.78 is 5.77. The van der Waals surface area contributed by atoms with E-state index in [1.54, 1.807) is 24.3 Å². The molecule has 110 valence electrons. The Kier molecular flexibility index (Phi) is 4.82. The number of para-hydroxylation sites is 1. The van der Waals surface area contributed by atoms with Gasteiger partial charge in [0, 0.05) is 17.8 Å². The third-order valence-corrected chi connectivity index (χ3v) is 2.95. The lowest BCUT2D eigenvalue weighted by Crippen LogP contribution is -2.09. The Morgan fingerprint density at radius 2 is 1.81 bits per heavy atom. The summed E-state index contributed by atoms with van der Waals surface area (Å²) >= 11 is 0. The van der Waals surface area contributed by atoms with Gasteiger partial charge in [-0.15, -0.1) is 0 Å². The average molecular weight is 285 g/mol. The lowest BCUT2D eigenvalue weighted by molar-refractivity contribution is 0.0697. The molecule has 2 aromatic rings. The highest BCUT2D eigenvalue weighted by Gasteiger charge is 2.05. The van der Waals surface area contributed by atoms with Gasteiger partial charge in [-0.05, 0) is 44.2 Å². The number of benzene rings is 2. The van der Waals surface area contributed by atoms with Crippen LogP contribution in [0.1, 0.15) is 29.8 Å². The van der Waals surface area contributed by atoms with Crippen molar-refractivity contribution in [1.29, 1.82) is 0 Å². The van der Waals surface area contributed by atoms with Gasteiger partial charge in [-0.3, -0.25) is 0 Å². The van der Waals surface area contributed by atoms with Crippen LogP contribution in [0.3, 0.4) is 0 Å². The number of hydrogen-bond acceptors (Lipinski definition) is 3. The van der Waals surface area contributed by atoms with Gasteiger partial charge in [0.1, 0.15) is 5.75 Å². The summed E-state index contributed by atoms with van der Waals surface area (Å²) in [4.78, 5) is 10.8. The third kappa shape index (κ3) is 4.24. The van der Waals surface area contributed by atoms with Crippen LogP contribution in [0, 0.1) is 0 Å². The van der Waals surface area contributed by atoms with Gasteiger partial charge >= 0.3 is 5.97 Å². The van der Waals surface area contributed by atoms with Crippen molar-refractivity contribution in [3.63, 3.8) is 0 Å². The minimum atomic E-state index is -0.919. The van der Waals surface area contributed by atoms with Gasteiger partial charge in [0.15, 0.2) is 0 Å². The van der Waals surface area contributed by atoms with Crippen molar-refractivity contribution in [1.82, 2.24) is 0 Å². The fourth-order valence-corrected chi connectivity index (χ4v) is 1.95. The van der Waals surface area contributed by atoms with Crippen molar-refractivity contribution in [2.24, 2.45) is 0 Å². The van der Waals surface area contributed by atoms with Gasteiger partial charge in [0.25, 0.3) is 0 Å². The SMILES string of the molecule is CC(C)Oc1ccccc1CNc1ccc(C(=O)O)cc1. The fraction of sp³-hybridized carbons (Fsp3) is 0.235. The molecule has 0 amide bonds. The quantitative estimate of drug-likeness (QED) is 0.848. The predicted molar refractivity (Wildman–Crippen MR) is 82.9 cm³/mol. The second-order valence-electron chi connectivity index (χ2n) is 5.01. The van der Waals surface area contributed by atoms with Gasteiger partial charge < -0.3 is 15.2 Å². The highest BCUT2D eigenvalue weighted by atomic mass is 16.5. The normalized spacial score (nSPS) is 10.4. The first-order valence-electron chi connectivity index (χ1n) is 6.88.